The van der Waals surface area contributed by atoms with E-state index in [4.69, 9.17) is 23.2 Å². The quantitative estimate of drug-likeness (QED) is 0.725. The molecule has 72 valence electrons. The summed E-state index contributed by atoms with van der Waals surface area (Å²) >= 11 is 13.2. The standard InChI is InChI=1S/C8H5Cl2N3S/c1-4-6(9)12-8(13-7(4)10)5-2-11-3-14-5/h2-3H,1H3. The van der Waals surface area contributed by atoms with Crippen molar-refractivity contribution in [2.45, 2.75) is 6.92 Å². The summed E-state index contributed by atoms with van der Waals surface area (Å²) in [6.45, 7) is 1.78. The maximum absolute atomic E-state index is 5.88. The van der Waals surface area contributed by atoms with E-state index in [2.05, 4.69) is 15.0 Å². The zero-order valence-electron chi connectivity index (χ0n) is 7.16. The Morgan fingerprint density at radius 1 is 1.21 bits per heavy atom. The number of rotatable bonds is 1. The van der Waals surface area contributed by atoms with Crippen LogP contribution in [0, 0.1) is 6.92 Å². The second-order valence-electron chi connectivity index (χ2n) is 2.62. The molecule has 14 heavy (non-hydrogen) atoms. The molecule has 0 unspecified atom stereocenters. The van der Waals surface area contributed by atoms with Crippen molar-refractivity contribution in [3.05, 3.63) is 27.6 Å². The van der Waals surface area contributed by atoms with Crippen molar-refractivity contribution in [1.29, 1.82) is 0 Å². The highest BCUT2D eigenvalue weighted by molar-refractivity contribution is 7.13. The minimum absolute atomic E-state index is 0.383. The molecule has 0 N–H and O–H groups in total. The van der Waals surface area contributed by atoms with E-state index in [1.165, 1.54) is 11.3 Å². The van der Waals surface area contributed by atoms with E-state index in [9.17, 15) is 0 Å². The lowest BCUT2D eigenvalue weighted by Crippen LogP contribution is -1.92. The van der Waals surface area contributed by atoms with E-state index in [0.717, 1.165) is 4.88 Å². The maximum Gasteiger partial charge on any atom is 0.174 e. The van der Waals surface area contributed by atoms with Crippen LogP contribution in [0.5, 0.6) is 0 Å². The Balaban J connectivity index is 2.57. The van der Waals surface area contributed by atoms with Gasteiger partial charge in [0.25, 0.3) is 0 Å². The van der Waals surface area contributed by atoms with Crippen molar-refractivity contribution >= 4 is 34.5 Å². The Labute approximate surface area is 94.8 Å². The van der Waals surface area contributed by atoms with Gasteiger partial charge in [0.2, 0.25) is 0 Å². The highest BCUT2D eigenvalue weighted by Crippen LogP contribution is 2.26. The molecule has 0 aliphatic rings. The predicted molar refractivity (Wildman–Crippen MR) is 57.9 cm³/mol. The van der Waals surface area contributed by atoms with E-state index < -0.39 is 0 Å². The minimum atomic E-state index is 0.383. The molecule has 2 aromatic rings. The molecule has 0 atom stereocenters. The highest BCUT2D eigenvalue weighted by atomic mass is 35.5. The van der Waals surface area contributed by atoms with Crippen LogP contribution in [0.25, 0.3) is 10.7 Å². The molecule has 0 aromatic carbocycles. The third kappa shape index (κ3) is 1.73. The molecule has 0 bridgehead atoms. The number of thiazole rings is 1. The van der Waals surface area contributed by atoms with Gasteiger partial charge in [-0.05, 0) is 6.92 Å². The Morgan fingerprint density at radius 2 is 1.86 bits per heavy atom. The molecule has 0 aliphatic carbocycles. The number of hydrogen-bond donors (Lipinski definition) is 0. The van der Waals surface area contributed by atoms with Gasteiger partial charge in [-0.2, -0.15) is 0 Å². The van der Waals surface area contributed by atoms with Crippen molar-refractivity contribution in [3.8, 4) is 10.7 Å². The molecule has 0 amide bonds. The number of hydrogen-bond acceptors (Lipinski definition) is 4. The van der Waals surface area contributed by atoms with Gasteiger partial charge < -0.3 is 0 Å². The maximum atomic E-state index is 5.88. The van der Waals surface area contributed by atoms with E-state index >= 15 is 0 Å². The van der Waals surface area contributed by atoms with Crippen LogP contribution >= 0.6 is 34.5 Å². The molecular formula is C8H5Cl2N3S. The van der Waals surface area contributed by atoms with Gasteiger partial charge in [-0.1, -0.05) is 23.2 Å². The summed E-state index contributed by atoms with van der Waals surface area (Å²) in [5, 5.41) is 0.766. The van der Waals surface area contributed by atoms with Gasteiger partial charge >= 0.3 is 0 Å². The van der Waals surface area contributed by atoms with E-state index in [1.807, 2.05) is 0 Å². The molecule has 2 heterocycles. The summed E-state index contributed by atoms with van der Waals surface area (Å²) in [6.07, 6.45) is 1.68. The average Bonchev–Trinajstić information content (AvgIpc) is 2.66. The fourth-order valence-corrected chi connectivity index (χ4v) is 1.84. The van der Waals surface area contributed by atoms with Crippen LogP contribution in [0.4, 0.5) is 0 Å². The Bertz CT molecular complexity index is 433. The smallest absolute Gasteiger partial charge is 0.174 e. The zero-order chi connectivity index (χ0) is 10.1. The third-order valence-electron chi connectivity index (χ3n) is 1.68. The lowest BCUT2D eigenvalue weighted by molar-refractivity contribution is 1.14. The second-order valence-corrected chi connectivity index (χ2v) is 4.22. The first-order valence-corrected chi connectivity index (χ1v) is 5.40. The number of halogens is 2. The summed E-state index contributed by atoms with van der Waals surface area (Å²) in [5.41, 5.74) is 2.40. The van der Waals surface area contributed by atoms with E-state index in [-0.39, 0.29) is 0 Å². The Hall–Kier alpha value is -0.710. The first-order chi connectivity index (χ1) is 6.68. The highest BCUT2D eigenvalue weighted by Gasteiger charge is 2.09. The lowest BCUT2D eigenvalue weighted by atomic mass is 10.4. The SMILES string of the molecule is Cc1c(Cl)nc(-c2cncs2)nc1Cl. The fraction of sp³-hybridized carbons (Fsp3) is 0.125. The molecule has 2 rings (SSSR count). The minimum Gasteiger partial charge on any atom is -0.252 e. The van der Waals surface area contributed by atoms with Gasteiger partial charge in [0.15, 0.2) is 5.82 Å². The molecule has 2 aromatic heterocycles. The van der Waals surface area contributed by atoms with Crippen molar-refractivity contribution < 1.29 is 0 Å². The normalized spacial score (nSPS) is 10.5. The van der Waals surface area contributed by atoms with Gasteiger partial charge in [-0.15, -0.1) is 11.3 Å². The Kier molecular flexibility index (Phi) is 2.67. The molecule has 0 aliphatic heterocycles. The van der Waals surface area contributed by atoms with Gasteiger partial charge in [0.1, 0.15) is 10.3 Å². The summed E-state index contributed by atoms with van der Waals surface area (Å²) in [7, 11) is 0. The molecule has 3 nitrogen and oxygen atoms in total. The zero-order valence-corrected chi connectivity index (χ0v) is 9.49. The van der Waals surface area contributed by atoms with Gasteiger partial charge in [0.05, 0.1) is 10.4 Å². The van der Waals surface area contributed by atoms with Gasteiger partial charge in [0, 0.05) is 11.8 Å². The van der Waals surface area contributed by atoms with Crippen molar-refractivity contribution in [3.63, 3.8) is 0 Å². The van der Waals surface area contributed by atoms with Crippen molar-refractivity contribution in [2.24, 2.45) is 0 Å². The number of nitrogens with zero attached hydrogens (tertiary/aromatic N) is 3. The van der Waals surface area contributed by atoms with E-state index in [1.54, 1.807) is 18.6 Å². The Morgan fingerprint density at radius 3 is 2.36 bits per heavy atom. The molecular weight excluding hydrogens is 241 g/mol. The monoisotopic (exact) mass is 245 g/mol. The van der Waals surface area contributed by atoms with Crippen LogP contribution in [0.15, 0.2) is 11.7 Å². The topological polar surface area (TPSA) is 38.7 Å². The van der Waals surface area contributed by atoms with Crippen LogP contribution < -0.4 is 0 Å². The van der Waals surface area contributed by atoms with Gasteiger partial charge in [-0.3, -0.25) is 4.98 Å². The molecule has 0 radical (unpaired) electrons. The van der Waals surface area contributed by atoms with Crippen LogP contribution in [0.1, 0.15) is 5.56 Å². The molecule has 0 spiro atoms. The molecule has 0 saturated heterocycles. The molecule has 0 fully saturated rings. The first kappa shape index (κ1) is 9.83. The fourth-order valence-electron chi connectivity index (χ4n) is 0.900. The van der Waals surface area contributed by atoms with Crippen molar-refractivity contribution in [1.82, 2.24) is 15.0 Å². The summed E-state index contributed by atoms with van der Waals surface area (Å²) < 4.78 is 0. The summed E-state index contributed by atoms with van der Waals surface area (Å²) in [6, 6.07) is 0. The van der Waals surface area contributed by atoms with Crippen LogP contribution in [0.2, 0.25) is 10.3 Å². The number of aromatic nitrogens is 3. The summed E-state index contributed by atoms with van der Waals surface area (Å²) in [4.78, 5) is 13.0. The predicted octanol–water partition coefficient (Wildman–Crippen LogP) is 3.22. The van der Waals surface area contributed by atoms with Crippen LogP contribution in [0.3, 0.4) is 0 Å². The molecule has 6 heteroatoms. The average molecular weight is 246 g/mol. The lowest BCUT2D eigenvalue weighted by Gasteiger charge is -2.01. The second kappa shape index (κ2) is 3.81. The largest absolute Gasteiger partial charge is 0.252 e. The van der Waals surface area contributed by atoms with E-state index in [0.29, 0.717) is 21.7 Å². The molecule has 0 saturated carbocycles. The van der Waals surface area contributed by atoms with Crippen molar-refractivity contribution in [2.75, 3.05) is 0 Å². The van der Waals surface area contributed by atoms with Crippen LogP contribution in [-0.2, 0) is 0 Å². The van der Waals surface area contributed by atoms with Crippen LogP contribution in [-0.4, -0.2) is 15.0 Å². The summed E-state index contributed by atoms with van der Waals surface area (Å²) in [5.74, 6) is 0.521. The third-order valence-corrected chi connectivity index (χ3v) is 3.18. The first-order valence-electron chi connectivity index (χ1n) is 3.77. The van der Waals surface area contributed by atoms with Gasteiger partial charge in [-0.25, -0.2) is 9.97 Å².